The molecule has 7 aromatic rings. The number of hydrogen-bond acceptors (Lipinski definition) is 2. The monoisotopic (exact) mass is 564 g/mol. The molecule has 1 unspecified atom stereocenters. The van der Waals surface area contributed by atoms with Gasteiger partial charge in [0.25, 0.3) is 0 Å². The van der Waals surface area contributed by atoms with Crippen LogP contribution in [0.15, 0.2) is 103 Å². The summed E-state index contributed by atoms with van der Waals surface area (Å²) in [6, 6.07) is 32.9. The van der Waals surface area contributed by atoms with Gasteiger partial charge < -0.3 is 9.13 Å². The summed E-state index contributed by atoms with van der Waals surface area (Å²) in [7, 11) is 0. The molecule has 0 aliphatic heterocycles. The molecule has 3 aromatic carbocycles. The van der Waals surface area contributed by atoms with Crippen molar-refractivity contribution in [3.8, 4) is 11.4 Å². The quantitative estimate of drug-likeness (QED) is 0.208. The second-order valence-corrected chi connectivity index (χ2v) is 14.3. The average Bonchev–Trinajstić information content (AvgIpc) is 3.49. The van der Waals surface area contributed by atoms with Crippen LogP contribution in [0.25, 0.3) is 55.2 Å². The van der Waals surface area contributed by atoms with Crippen LogP contribution < -0.4 is 0 Å². The number of rotatable bonds is 5. The summed E-state index contributed by atoms with van der Waals surface area (Å²) < 4.78 is 4.79. The Morgan fingerprint density at radius 1 is 0.581 bits per heavy atom. The van der Waals surface area contributed by atoms with Crippen LogP contribution in [0.3, 0.4) is 0 Å². The van der Waals surface area contributed by atoms with Gasteiger partial charge in [0.15, 0.2) is 0 Å². The third-order valence-electron chi connectivity index (χ3n) is 8.90. The Morgan fingerprint density at radius 3 is 1.51 bits per heavy atom. The number of nitrogens with zero attached hydrogens (tertiary/aromatic N) is 4. The highest BCUT2D eigenvalue weighted by Gasteiger charge is 2.29. The van der Waals surface area contributed by atoms with Crippen LogP contribution in [0.4, 0.5) is 0 Å². The molecule has 0 N–H and O–H groups in total. The van der Waals surface area contributed by atoms with E-state index in [0.717, 1.165) is 46.3 Å². The van der Waals surface area contributed by atoms with E-state index in [1.54, 1.807) is 0 Å². The fourth-order valence-corrected chi connectivity index (χ4v) is 6.86. The molecular formula is C39H40N4. The van der Waals surface area contributed by atoms with Gasteiger partial charge in [-0.15, -0.1) is 0 Å². The van der Waals surface area contributed by atoms with Crippen molar-refractivity contribution in [1.29, 1.82) is 0 Å². The first-order valence-electron chi connectivity index (χ1n) is 15.4. The highest BCUT2D eigenvalue weighted by atomic mass is 15.0. The van der Waals surface area contributed by atoms with E-state index in [-0.39, 0.29) is 10.8 Å². The van der Waals surface area contributed by atoms with Crippen LogP contribution in [0.5, 0.6) is 0 Å². The van der Waals surface area contributed by atoms with E-state index in [9.17, 15) is 0 Å². The lowest BCUT2D eigenvalue weighted by Crippen LogP contribution is -2.27. The minimum atomic E-state index is 0.178. The van der Waals surface area contributed by atoms with Crippen molar-refractivity contribution in [2.45, 2.75) is 54.4 Å². The van der Waals surface area contributed by atoms with Gasteiger partial charge in [0, 0.05) is 34.5 Å². The van der Waals surface area contributed by atoms with E-state index in [4.69, 9.17) is 9.97 Å². The predicted molar refractivity (Wildman–Crippen MR) is 181 cm³/mol. The summed E-state index contributed by atoms with van der Waals surface area (Å²) >= 11 is 0. The maximum atomic E-state index is 4.82. The first-order chi connectivity index (χ1) is 20.6. The van der Waals surface area contributed by atoms with Crippen molar-refractivity contribution >= 4 is 43.9 Å². The zero-order chi connectivity index (χ0) is 29.9. The Hall–Kier alpha value is -4.44. The molecule has 0 saturated carbocycles. The largest absolute Gasteiger partial charge is 0.308 e. The molecule has 216 valence electrons. The average molecular weight is 565 g/mol. The Labute approximate surface area is 254 Å². The number of benzene rings is 3. The molecule has 0 aliphatic rings. The van der Waals surface area contributed by atoms with Crippen molar-refractivity contribution in [3.63, 3.8) is 0 Å². The number of hydrogen-bond donors (Lipinski definition) is 0. The summed E-state index contributed by atoms with van der Waals surface area (Å²) in [4.78, 5) is 9.64. The van der Waals surface area contributed by atoms with Gasteiger partial charge in [0.1, 0.15) is 0 Å². The fraction of sp³-hybridized carbons (Fsp3) is 0.282. The van der Waals surface area contributed by atoms with Gasteiger partial charge in [-0.25, -0.2) is 0 Å². The Balaban J connectivity index is 1.53. The lowest BCUT2D eigenvalue weighted by atomic mass is 9.70. The Kier molecular flexibility index (Phi) is 6.42. The summed E-state index contributed by atoms with van der Waals surface area (Å²) in [6.07, 6.45) is 5.96. The molecule has 43 heavy (non-hydrogen) atoms. The van der Waals surface area contributed by atoms with E-state index in [1.165, 1.54) is 27.4 Å². The summed E-state index contributed by atoms with van der Waals surface area (Å²) in [5.41, 5.74) is 10.7. The Morgan fingerprint density at radius 2 is 1.05 bits per heavy atom. The molecule has 4 heteroatoms. The van der Waals surface area contributed by atoms with Crippen LogP contribution in [0.2, 0.25) is 0 Å². The minimum absolute atomic E-state index is 0.178. The molecule has 0 saturated heterocycles. The highest BCUT2D eigenvalue weighted by molar-refractivity contribution is 6.08. The number of fused-ring (bicyclic) bond motifs is 6. The van der Waals surface area contributed by atoms with E-state index in [0.29, 0.717) is 5.92 Å². The van der Waals surface area contributed by atoms with E-state index >= 15 is 0 Å². The van der Waals surface area contributed by atoms with Crippen LogP contribution >= 0.6 is 0 Å². The van der Waals surface area contributed by atoms with Crippen molar-refractivity contribution in [3.05, 3.63) is 109 Å². The minimum Gasteiger partial charge on any atom is -0.308 e. The molecule has 0 spiro atoms. The van der Waals surface area contributed by atoms with Crippen LogP contribution in [-0.4, -0.2) is 19.1 Å². The molecule has 0 radical (unpaired) electrons. The zero-order valence-electron chi connectivity index (χ0n) is 26.1. The van der Waals surface area contributed by atoms with Crippen molar-refractivity contribution in [1.82, 2.24) is 19.1 Å². The molecule has 0 amide bonds. The molecule has 1 atom stereocenters. The van der Waals surface area contributed by atoms with Crippen LogP contribution in [0, 0.1) is 16.7 Å². The van der Waals surface area contributed by atoms with Gasteiger partial charge in [-0.3, -0.25) is 9.97 Å². The fourth-order valence-electron chi connectivity index (χ4n) is 6.86. The maximum absolute atomic E-state index is 4.82. The van der Waals surface area contributed by atoms with Crippen molar-refractivity contribution in [2.75, 3.05) is 0 Å². The molecule has 7 rings (SSSR count). The second kappa shape index (κ2) is 10.1. The van der Waals surface area contributed by atoms with Gasteiger partial charge in [-0.05, 0) is 89.8 Å². The third kappa shape index (κ3) is 4.89. The maximum Gasteiger partial charge on any atom is 0.0963 e. The van der Waals surface area contributed by atoms with Gasteiger partial charge in [0.05, 0.1) is 33.1 Å². The summed E-state index contributed by atoms with van der Waals surface area (Å²) in [6.45, 7) is 14.3. The van der Waals surface area contributed by atoms with Gasteiger partial charge in [-0.1, -0.05) is 77.9 Å². The number of para-hydroxylation sites is 2. The number of aromatic nitrogens is 4. The standard InChI is InChI=1S/C39H40N4/c1-38(2,3)25-27(39(4,5)6)21-26-22-28(42-32-15-9-7-13-30(32)36-34(42)17-11-19-40-36)24-29(23-26)43-33-16-10-8-14-31(33)37-35(43)18-12-20-41-37/h7-20,22-24,27H,21,25H2,1-6H3. The molecule has 0 bridgehead atoms. The lowest BCUT2D eigenvalue weighted by molar-refractivity contribution is 0.164. The van der Waals surface area contributed by atoms with E-state index in [1.807, 2.05) is 24.5 Å². The van der Waals surface area contributed by atoms with Crippen LogP contribution in [-0.2, 0) is 6.42 Å². The summed E-state index contributed by atoms with van der Waals surface area (Å²) in [5, 5.41) is 2.35. The lowest BCUT2D eigenvalue weighted by Gasteiger charge is -2.36. The third-order valence-corrected chi connectivity index (χ3v) is 8.90. The Bertz CT molecular complexity index is 1880. The molecule has 0 fully saturated rings. The van der Waals surface area contributed by atoms with E-state index in [2.05, 4.69) is 130 Å². The van der Waals surface area contributed by atoms with Gasteiger partial charge in [-0.2, -0.15) is 0 Å². The van der Waals surface area contributed by atoms with Crippen molar-refractivity contribution in [2.24, 2.45) is 16.7 Å². The van der Waals surface area contributed by atoms with Gasteiger partial charge >= 0.3 is 0 Å². The molecular weight excluding hydrogens is 524 g/mol. The first kappa shape index (κ1) is 27.4. The molecule has 4 heterocycles. The smallest absolute Gasteiger partial charge is 0.0963 e. The van der Waals surface area contributed by atoms with Crippen LogP contribution in [0.1, 0.15) is 53.5 Å². The summed E-state index contributed by atoms with van der Waals surface area (Å²) in [5.74, 6) is 0.523. The number of pyridine rings is 2. The normalized spacial score (nSPS) is 13.4. The SMILES string of the molecule is CC(C)(C)CC(Cc1cc(-n2c3ccccc3c3ncccc32)cc(-n2c3ccccc3c3ncccc32)c1)C(C)(C)C. The second-order valence-electron chi connectivity index (χ2n) is 14.3. The highest BCUT2D eigenvalue weighted by Crippen LogP contribution is 2.40. The predicted octanol–water partition coefficient (Wildman–Crippen LogP) is 10.3. The van der Waals surface area contributed by atoms with E-state index < -0.39 is 0 Å². The topological polar surface area (TPSA) is 35.6 Å². The zero-order valence-corrected chi connectivity index (χ0v) is 26.1. The van der Waals surface area contributed by atoms with Gasteiger partial charge in [0.2, 0.25) is 0 Å². The first-order valence-corrected chi connectivity index (χ1v) is 15.4. The van der Waals surface area contributed by atoms with Crippen molar-refractivity contribution < 1.29 is 0 Å². The molecule has 4 aromatic heterocycles. The molecule has 4 nitrogen and oxygen atoms in total. The molecule has 0 aliphatic carbocycles.